The Kier molecular flexibility index (Phi) is 9.14. The molecule has 0 heterocycles. The van der Waals surface area contributed by atoms with E-state index in [9.17, 15) is 9.59 Å². The van der Waals surface area contributed by atoms with E-state index in [0.717, 1.165) is 13.0 Å². The molecular formula is C17H30N2O3S. The van der Waals surface area contributed by atoms with Crippen LogP contribution in [0.5, 0.6) is 0 Å². The third-order valence-electron chi connectivity index (χ3n) is 3.30. The van der Waals surface area contributed by atoms with E-state index in [1.807, 2.05) is 20.8 Å². The molecule has 5 nitrogen and oxygen atoms in total. The van der Waals surface area contributed by atoms with Crippen molar-refractivity contribution < 1.29 is 14.3 Å². The van der Waals surface area contributed by atoms with Crippen LogP contribution in [0.1, 0.15) is 52.9 Å². The van der Waals surface area contributed by atoms with Gasteiger partial charge in [0.05, 0.1) is 5.75 Å². The molecule has 0 aromatic carbocycles. The van der Waals surface area contributed by atoms with Gasteiger partial charge in [-0.05, 0) is 52.9 Å². The lowest BCUT2D eigenvalue weighted by atomic mass is 9.97. The van der Waals surface area contributed by atoms with E-state index in [1.165, 1.54) is 43.0 Å². The number of rotatable bonds is 8. The summed E-state index contributed by atoms with van der Waals surface area (Å²) in [4.78, 5) is 23.1. The lowest BCUT2D eigenvalue weighted by molar-refractivity contribution is -0.118. The van der Waals surface area contributed by atoms with Gasteiger partial charge >= 0.3 is 6.09 Å². The zero-order valence-corrected chi connectivity index (χ0v) is 15.4. The molecule has 1 rings (SSSR count). The highest BCUT2D eigenvalue weighted by Gasteiger charge is 2.15. The van der Waals surface area contributed by atoms with Gasteiger partial charge in [-0.1, -0.05) is 11.6 Å². The van der Waals surface area contributed by atoms with Crippen LogP contribution in [0.25, 0.3) is 0 Å². The van der Waals surface area contributed by atoms with E-state index >= 15 is 0 Å². The first-order valence-corrected chi connectivity index (χ1v) is 9.51. The fourth-order valence-electron chi connectivity index (χ4n) is 2.25. The van der Waals surface area contributed by atoms with Crippen LogP contribution in [0.3, 0.4) is 0 Å². The second kappa shape index (κ2) is 10.6. The van der Waals surface area contributed by atoms with Crippen molar-refractivity contribution >= 4 is 23.8 Å². The Morgan fingerprint density at radius 3 is 2.65 bits per heavy atom. The highest BCUT2D eigenvalue weighted by Crippen LogP contribution is 2.19. The van der Waals surface area contributed by atoms with Crippen molar-refractivity contribution in [1.29, 1.82) is 0 Å². The lowest BCUT2D eigenvalue weighted by Gasteiger charge is -2.19. The van der Waals surface area contributed by atoms with Crippen molar-refractivity contribution in [3.8, 4) is 0 Å². The second-order valence-corrected chi connectivity index (χ2v) is 7.79. The van der Waals surface area contributed by atoms with Gasteiger partial charge in [0.2, 0.25) is 5.91 Å². The minimum atomic E-state index is -0.481. The number of carbonyl (C=O) groups is 2. The van der Waals surface area contributed by atoms with Gasteiger partial charge in [-0.2, -0.15) is 11.8 Å². The summed E-state index contributed by atoms with van der Waals surface area (Å²) in [5.74, 6) is 1.18. The lowest BCUT2D eigenvalue weighted by Crippen LogP contribution is -2.34. The van der Waals surface area contributed by atoms with Crippen molar-refractivity contribution in [3.05, 3.63) is 11.6 Å². The number of carbonyl (C=O) groups excluding carboxylic acids is 2. The molecule has 2 N–H and O–H groups in total. The SMILES string of the molecule is CC(C)(C)OC(=O)NCCSCC(=O)NCCC1=CCCCC1. The number of alkyl carbamates (subject to hydrolysis) is 1. The fourth-order valence-corrected chi connectivity index (χ4v) is 2.93. The number of thioether (sulfide) groups is 1. The molecule has 0 unspecified atom stereocenters. The first kappa shape index (κ1) is 19.9. The minimum absolute atomic E-state index is 0.0590. The van der Waals surface area contributed by atoms with Gasteiger partial charge in [-0.3, -0.25) is 4.79 Å². The molecule has 0 radical (unpaired) electrons. The van der Waals surface area contributed by atoms with Crippen molar-refractivity contribution in [2.45, 2.75) is 58.5 Å². The molecule has 0 bridgehead atoms. The smallest absolute Gasteiger partial charge is 0.407 e. The van der Waals surface area contributed by atoms with Crippen LogP contribution >= 0.6 is 11.8 Å². The first-order valence-electron chi connectivity index (χ1n) is 8.36. The van der Waals surface area contributed by atoms with Crippen molar-refractivity contribution in [3.63, 3.8) is 0 Å². The number of hydrogen-bond donors (Lipinski definition) is 2. The Morgan fingerprint density at radius 2 is 2.00 bits per heavy atom. The molecule has 0 fully saturated rings. The predicted molar refractivity (Wildman–Crippen MR) is 95.7 cm³/mol. The first-order chi connectivity index (χ1) is 10.9. The average molecular weight is 343 g/mol. The van der Waals surface area contributed by atoms with Crippen LogP contribution in [-0.4, -0.2) is 42.2 Å². The van der Waals surface area contributed by atoms with Crippen molar-refractivity contribution in [2.75, 3.05) is 24.6 Å². The number of nitrogens with one attached hydrogen (secondary N) is 2. The van der Waals surface area contributed by atoms with Crippen LogP contribution < -0.4 is 10.6 Å². The summed E-state index contributed by atoms with van der Waals surface area (Å²) in [7, 11) is 0. The van der Waals surface area contributed by atoms with Gasteiger partial charge in [0, 0.05) is 18.8 Å². The van der Waals surface area contributed by atoms with E-state index in [1.54, 1.807) is 0 Å². The third-order valence-corrected chi connectivity index (χ3v) is 4.26. The Balaban J connectivity index is 1.97. The molecule has 23 heavy (non-hydrogen) atoms. The zero-order chi connectivity index (χ0) is 17.1. The van der Waals surface area contributed by atoms with Crippen molar-refractivity contribution in [2.24, 2.45) is 0 Å². The van der Waals surface area contributed by atoms with Crippen LogP contribution in [0, 0.1) is 0 Å². The predicted octanol–water partition coefficient (Wildman–Crippen LogP) is 3.25. The summed E-state index contributed by atoms with van der Waals surface area (Å²) < 4.78 is 5.13. The van der Waals surface area contributed by atoms with Crippen LogP contribution in [0.15, 0.2) is 11.6 Å². The molecule has 0 saturated heterocycles. The summed E-state index contributed by atoms with van der Waals surface area (Å²) in [6.45, 7) is 6.71. The normalized spacial score (nSPS) is 14.8. The molecule has 0 spiro atoms. The molecule has 0 atom stereocenters. The Morgan fingerprint density at radius 1 is 1.22 bits per heavy atom. The summed E-state index contributed by atoms with van der Waals surface area (Å²) in [5, 5.41) is 5.63. The molecule has 1 aliphatic rings. The van der Waals surface area contributed by atoms with Crippen molar-refractivity contribution in [1.82, 2.24) is 10.6 Å². The standard InChI is InChI=1S/C17H30N2O3S/c1-17(2,3)22-16(21)19-11-12-23-13-15(20)18-10-9-14-7-5-4-6-8-14/h7H,4-6,8-13H2,1-3H3,(H,18,20)(H,19,21). The quantitative estimate of drug-likeness (QED) is 0.525. The highest BCUT2D eigenvalue weighted by molar-refractivity contribution is 7.99. The maximum Gasteiger partial charge on any atom is 0.407 e. The molecule has 0 aromatic heterocycles. The third kappa shape index (κ3) is 11.1. The number of ether oxygens (including phenoxy) is 1. The van der Waals surface area contributed by atoms with Gasteiger partial charge in [0.1, 0.15) is 5.60 Å². The maximum absolute atomic E-state index is 11.7. The summed E-state index contributed by atoms with van der Waals surface area (Å²) in [6.07, 6.45) is 7.81. The number of hydrogen-bond acceptors (Lipinski definition) is 4. The van der Waals surface area contributed by atoms with E-state index in [4.69, 9.17) is 4.74 Å². The Labute approximate surface area is 144 Å². The van der Waals surface area contributed by atoms with Gasteiger partial charge in [0.25, 0.3) is 0 Å². The largest absolute Gasteiger partial charge is 0.444 e. The second-order valence-electron chi connectivity index (χ2n) is 6.69. The Bertz CT molecular complexity index is 417. The maximum atomic E-state index is 11.7. The number of allylic oxidation sites excluding steroid dienone is 1. The van der Waals surface area contributed by atoms with Crippen LogP contribution in [0.2, 0.25) is 0 Å². The van der Waals surface area contributed by atoms with E-state index in [2.05, 4.69) is 16.7 Å². The van der Waals surface area contributed by atoms with E-state index in [0.29, 0.717) is 18.1 Å². The van der Waals surface area contributed by atoms with E-state index in [-0.39, 0.29) is 5.91 Å². The summed E-state index contributed by atoms with van der Waals surface area (Å²) in [6, 6.07) is 0. The number of amides is 2. The molecule has 1 aliphatic carbocycles. The zero-order valence-electron chi connectivity index (χ0n) is 14.6. The molecule has 2 amide bonds. The monoisotopic (exact) mass is 342 g/mol. The molecular weight excluding hydrogens is 312 g/mol. The molecule has 6 heteroatoms. The summed E-state index contributed by atoms with van der Waals surface area (Å²) in [5.41, 5.74) is 0.996. The van der Waals surface area contributed by atoms with Gasteiger partial charge in [0.15, 0.2) is 0 Å². The average Bonchev–Trinajstić information content (AvgIpc) is 2.46. The highest BCUT2D eigenvalue weighted by atomic mass is 32.2. The van der Waals surface area contributed by atoms with E-state index < -0.39 is 11.7 Å². The van der Waals surface area contributed by atoms with Gasteiger partial charge in [-0.15, -0.1) is 0 Å². The van der Waals surface area contributed by atoms with Crippen LogP contribution in [-0.2, 0) is 9.53 Å². The fraction of sp³-hybridized carbons (Fsp3) is 0.765. The van der Waals surface area contributed by atoms with Crippen LogP contribution in [0.4, 0.5) is 4.79 Å². The Hall–Kier alpha value is -1.17. The molecule has 132 valence electrons. The van der Waals surface area contributed by atoms with Gasteiger partial charge < -0.3 is 15.4 Å². The molecule has 0 aromatic rings. The minimum Gasteiger partial charge on any atom is -0.444 e. The molecule has 0 aliphatic heterocycles. The molecule has 0 saturated carbocycles. The summed E-state index contributed by atoms with van der Waals surface area (Å²) >= 11 is 1.51. The topological polar surface area (TPSA) is 67.4 Å². The van der Waals surface area contributed by atoms with Gasteiger partial charge in [-0.25, -0.2) is 4.79 Å².